The third-order valence-corrected chi connectivity index (χ3v) is 5.58. The Kier molecular flexibility index (Phi) is 3.43. The number of carbonyl (C=O) groups is 1. The van der Waals surface area contributed by atoms with Crippen LogP contribution in [0.15, 0.2) is 9.63 Å². The standard InChI is InChI=1S/C8H11BrN4O4S/c1-12-7(6(9)10-11-12)18(16,17)13-4-2-3-5(13)8(14)15/h5H,2-4H2,1H3,(H,14,15). The minimum Gasteiger partial charge on any atom is -0.480 e. The van der Waals surface area contributed by atoms with Crippen molar-refractivity contribution in [2.24, 2.45) is 7.05 Å². The number of sulfonamides is 1. The maximum absolute atomic E-state index is 12.4. The average molecular weight is 339 g/mol. The first-order valence-corrected chi connectivity index (χ1v) is 7.39. The number of hydrogen-bond donors (Lipinski definition) is 1. The van der Waals surface area contributed by atoms with Crippen LogP contribution >= 0.6 is 15.9 Å². The van der Waals surface area contributed by atoms with Crippen LogP contribution in [0.5, 0.6) is 0 Å². The molecule has 0 aromatic carbocycles. The van der Waals surface area contributed by atoms with Gasteiger partial charge in [-0.05, 0) is 28.8 Å². The van der Waals surface area contributed by atoms with Gasteiger partial charge in [-0.1, -0.05) is 5.21 Å². The van der Waals surface area contributed by atoms with E-state index in [0.717, 1.165) is 8.99 Å². The fourth-order valence-electron chi connectivity index (χ4n) is 1.98. The van der Waals surface area contributed by atoms with Gasteiger partial charge in [0.2, 0.25) is 5.03 Å². The summed E-state index contributed by atoms with van der Waals surface area (Å²) in [4.78, 5) is 11.0. The molecule has 1 atom stereocenters. The molecule has 100 valence electrons. The SMILES string of the molecule is Cn1nnc(Br)c1S(=O)(=O)N1CCCC1C(=O)O. The number of nitrogens with zero attached hydrogens (tertiary/aromatic N) is 4. The molecule has 1 N–H and O–H groups in total. The topological polar surface area (TPSA) is 105 Å². The van der Waals surface area contributed by atoms with E-state index >= 15 is 0 Å². The van der Waals surface area contributed by atoms with Gasteiger partial charge in [-0.3, -0.25) is 4.79 Å². The Hall–Kier alpha value is -1.00. The van der Waals surface area contributed by atoms with E-state index in [-0.39, 0.29) is 16.2 Å². The van der Waals surface area contributed by atoms with E-state index in [1.165, 1.54) is 7.05 Å². The van der Waals surface area contributed by atoms with E-state index in [0.29, 0.717) is 12.8 Å². The number of carboxylic acids is 1. The summed E-state index contributed by atoms with van der Waals surface area (Å²) in [7, 11) is -2.47. The van der Waals surface area contributed by atoms with Crippen LogP contribution in [0.4, 0.5) is 0 Å². The van der Waals surface area contributed by atoms with E-state index < -0.39 is 22.0 Å². The first-order chi connectivity index (χ1) is 8.35. The van der Waals surface area contributed by atoms with Crippen LogP contribution in [0.2, 0.25) is 0 Å². The van der Waals surface area contributed by atoms with E-state index in [1.807, 2.05) is 0 Å². The van der Waals surface area contributed by atoms with Crippen LogP contribution in [0.25, 0.3) is 0 Å². The molecule has 1 aliphatic rings. The van der Waals surface area contributed by atoms with E-state index in [2.05, 4.69) is 26.2 Å². The highest BCUT2D eigenvalue weighted by Crippen LogP contribution is 2.28. The smallest absolute Gasteiger partial charge is 0.322 e. The van der Waals surface area contributed by atoms with E-state index in [4.69, 9.17) is 5.11 Å². The van der Waals surface area contributed by atoms with Crippen molar-refractivity contribution in [1.82, 2.24) is 19.3 Å². The third-order valence-electron chi connectivity index (χ3n) is 2.78. The quantitative estimate of drug-likeness (QED) is 0.819. The summed E-state index contributed by atoms with van der Waals surface area (Å²) in [6.45, 7) is 0.191. The van der Waals surface area contributed by atoms with Crippen molar-refractivity contribution in [3.8, 4) is 0 Å². The van der Waals surface area contributed by atoms with Gasteiger partial charge in [0.15, 0.2) is 4.60 Å². The minimum absolute atomic E-state index is 0.0843. The fraction of sp³-hybridized carbons (Fsp3) is 0.625. The summed E-state index contributed by atoms with van der Waals surface area (Å²) in [5.74, 6) is -1.14. The second kappa shape index (κ2) is 4.59. The zero-order chi connectivity index (χ0) is 13.5. The molecule has 18 heavy (non-hydrogen) atoms. The predicted octanol–water partition coefficient (Wildman–Crippen LogP) is -0.185. The maximum atomic E-state index is 12.4. The van der Waals surface area contributed by atoms with Gasteiger partial charge in [-0.2, -0.15) is 4.31 Å². The number of carboxylic acid groups (broad SMARTS) is 1. The molecule has 0 aliphatic carbocycles. The summed E-state index contributed by atoms with van der Waals surface area (Å²) in [5.41, 5.74) is 0. The Morgan fingerprint density at radius 1 is 1.56 bits per heavy atom. The molecule has 1 saturated heterocycles. The lowest BCUT2D eigenvalue weighted by Gasteiger charge is -2.20. The zero-order valence-electron chi connectivity index (χ0n) is 9.45. The first kappa shape index (κ1) is 13.4. The van der Waals surface area contributed by atoms with Crippen molar-refractivity contribution in [2.45, 2.75) is 23.9 Å². The summed E-state index contributed by atoms with van der Waals surface area (Å²) < 4.78 is 26.9. The molecule has 0 spiro atoms. The Morgan fingerprint density at radius 2 is 2.22 bits per heavy atom. The maximum Gasteiger partial charge on any atom is 0.322 e. The summed E-state index contributed by atoms with van der Waals surface area (Å²) >= 11 is 3.01. The predicted molar refractivity (Wildman–Crippen MR) is 63.3 cm³/mol. The van der Waals surface area contributed by atoms with Crippen LogP contribution in [0.1, 0.15) is 12.8 Å². The molecule has 1 aliphatic heterocycles. The Morgan fingerprint density at radius 3 is 2.72 bits per heavy atom. The molecule has 1 aromatic heterocycles. The number of aromatic nitrogens is 3. The van der Waals surface area contributed by atoms with Crippen molar-refractivity contribution >= 4 is 31.9 Å². The van der Waals surface area contributed by atoms with E-state index in [1.54, 1.807) is 0 Å². The second-order valence-corrected chi connectivity index (χ2v) is 6.48. The van der Waals surface area contributed by atoms with Crippen molar-refractivity contribution in [3.05, 3.63) is 4.60 Å². The highest BCUT2D eigenvalue weighted by Gasteiger charge is 2.42. The summed E-state index contributed by atoms with van der Waals surface area (Å²) in [5, 5.41) is 16.1. The zero-order valence-corrected chi connectivity index (χ0v) is 11.8. The summed E-state index contributed by atoms with van der Waals surface area (Å²) in [6.07, 6.45) is 0.844. The number of halogens is 1. The van der Waals surface area contributed by atoms with Gasteiger partial charge in [0, 0.05) is 13.6 Å². The minimum atomic E-state index is -3.91. The van der Waals surface area contributed by atoms with Gasteiger partial charge in [0.1, 0.15) is 6.04 Å². The monoisotopic (exact) mass is 338 g/mol. The molecule has 1 fully saturated rings. The van der Waals surface area contributed by atoms with Crippen LogP contribution in [0, 0.1) is 0 Å². The lowest BCUT2D eigenvalue weighted by molar-refractivity contribution is -0.140. The molecule has 1 unspecified atom stereocenters. The number of aliphatic carboxylic acids is 1. The average Bonchev–Trinajstić information content (AvgIpc) is 2.85. The molecule has 1 aromatic rings. The molecule has 8 nitrogen and oxygen atoms in total. The van der Waals surface area contributed by atoms with Crippen LogP contribution in [0.3, 0.4) is 0 Å². The lowest BCUT2D eigenvalue weighted by Crippen LogP contribution is -2.41. The van der Waals surface area contributed by atoms with Gasteiger partial charge < -0.3 is 5.11 Å². The molecule has 10 heteroatoms. The van der Waals surface area contributed by atoms with Crippen molar-refractivity contribution < 1.29 is 18.3 Å². The van der Waals surface area contributed by atoms with E-state index in [9.17, 15) is 13.2 Å². The highest BCUT2D eigenvalue weighted by molar-refractivity contribution is 9.10. The fourth-order valence-corrected chi connectivity index (χ4v) is 4.67. The molecule has 0 amide bonds. The molecule has 0 radical (unpaired) electrons. The molecule has 2 rings (SSSR count). The van der Waals surface area contributed by atoms with Crippen LogP contribution in [-0.4, -0.2) is 51.4 Å². The molecular formula is C8H11BrN4O4S. The lowest BCUT2D eigenvalue weighted by atomic mass is 10.2. The number of hydrogen-bond acceptors (Lipinski definition) is 5. The highest BCUT2D eigenvalue weighted by atomic mass is 79.9. The molecular weight excluding hydrogens is 328 g/mol. The largest absolute Gasteiger partial charge is 0.480 e. The van der Waals surface area contributed by atoms with Gasteiger partial charge in [-0.15, -0.1) is 5.10 Å². The molecule has 0 bridgehead atoms. The Labute approximate surface area is 112 Å². The third kappa shape index (κ3) is 2.04. The number of aryl methyl sites for hydroxylation is 1. The summed E-state index contributed by atoms with van der Waals surface area (Å²) in [6, 6.07) is -1.02. The van der Waals surface area contributed by atoms with Gasteiger partial charge in [0.05, 0.1) is 0 Å². The first-order valence-electron chi connectivity index (χ1n) is 5.15. The molecule has 0 saturated carbocycles. The van der Waals surface area contributed by atoms with Crippen molar-refractivity contribution in [3.63, 3.8) is 0 Å². The molecule has 2 heterocycles. The Bertz CT molecular complexity index is 564. The van der Waals surface area contributed by atoms with Crippen molar-refractivity contribution in [1.29, 1.82) is 0 Å². The van der Waals surface area contributed by atoms with Crippen LogP contribution in [-0.2, 0) is 21.9 Å². The normalized spacial score (nSPS) is 21.3. The number of rotatable bonds is 3. The van der Waals surface area contributed by atoms with Gasteiger partial charge >= 0.3 is 5.97 Å². The second-order valence-electron chi connectivity index (χ2n) is 3.92. The Balaban J connectivity index is 2.46. The van der Waals surface area contributed by atoms with Crippen molar-refractivity contribution in [2.75, 3.05) is 6.54 Å². The van der Waals surface area contributed by atoms with Crippen LogP contribution < -0.4 is 0 Å². The van der Waals surface area contributed by atoms with Gasteiger partial charge in [-0.25, -0.2) is 13.1 Å². The van der Waals surface area contributed by atoms with Gasteiger partial charge in [0.25, 0.3) is 10.0 Å².